The Morgan fingerprint density at radius 2 is 2.11 bits per heavy atom. The van der Waals surface area contributed by atoms with Gasteiger partial charge in [-0.2, -0.15) is 0 Å². The Morgan fingerprint density at radius 1 is 1.30 bits per heavy atom. The molecular formula is C20H29N5OS. The van der Waals surface area contributed by atoms with Gasteiger partial charge in [0.2, 0.25) is 0 Å². The number of rotatable bonds is 6. The summed E-state index contributed by atoms with van der Waals surface area (Å²) in [6.07, 6.45) is 3.21. The smallest absolute Gasteiger partial charge is 0.191 e. The van der Waals surface area contributed by atoms with Crippen LogP contribution in [0.3, 0.4) is 0 Å². The number of morpholine rings is 1. The maximum atomic E-state index is 5.62. The summed E-state index contributed by atoms with van der Waals surface area (Å²) in [5, 5.41) is 6.77. The SMILES string of the molecule is CCc1ccc(CNC(=NC)NCc2ccnc(N3CCOC(C)C3)c2)s1. The molecule has 1 saturated heterocycles. The molecule has 6 nitrogen and oxygen atoms in total. The normalized spacial score (nSPS) is 17.8. The Balaban J connectivity index is 1.52. The third-order valence-corrected chi connectivity index (χ3v) is 5.78. The molecule has 0 aromatic carbocycles. The third-order valence-electron chi connectivity index (χ3n) is 4.55. The first-order chi connectivity index (χ1) is 13.2. The van der Waals surface area contributed by atoms with Crippen molar-refractivity contribution in [3.63, 3.8) is 0 Å². The van der Waals surface area contributed by atoms with Crippen molar-refractivity contribution in [3.8, 4) is 0 Å². The number of ether oxygens (including phenoxy) is 1. The topological polar surface area (TPSA) is 61.8 Å². The first-order valence-electron chi connectivity index (χ1n) is 9.51. The Bertz CT molecular complexity index is 760. The summed E-state index contributed by atoms with van der Waals surface area (Å²) in [7, 11) is 1.80. The van der Waals surface area contributed by atoms with Crippen molar-refractivity contribution in [2.24, 2.45) is 4.99 Å². The van der Waals surface area contributed by atoms with Gasteiger partial charge in [-0.15, -0.1) is 11.3 Å². The lowest BCUT2D eigenvalue weighted by atomic mass is 10.2. The molecule has 0 amide bonds. The maximum absolute atomic E-state index is 5.62. The van der Waals surface area contributed by atoms with Crippen molar-refractivity contribution in [2.75, 3.05) is 31.6 Å². The molecule has 3 rings (SSSR count). The van der Waals surface area contributed by atoms with Gasteiger partial charge in [0.25, 0.3) is 0 Å². The summed E-state index contributed by atoms with van der Waals surface area (Å²) in [5.74, 6) is 1.82. The second kappa shape index (κ2) is 9.71. The number of nitrogens with zero attached hydrogens (tertiary/aromatic N) is 3. The van der Waals surface area contributed by atoms with Crippen molar-refractivity contribution in [1.82, 2.24) is 15.6 Å². The number of guanidine groups is 1. The highest BCUT2D eigenvalue weighted by molar-refractivity contribution is 7.11. The van der Waals surface area contributed by atoms with Gasteiger partial charge in [-0.05, 0) is 43.2 Å². The Hall–Kier alpha value is -2.12. The van der Waals surface area contributed by atoms with E-state index in [1.807, 2.05) is 23.6 Å². The van der Waals surface area contributed by atoms with Gasteiger partial charge >= 0.3 is 0 Å². The molecule has 1 aliphatic heterocycles. The van der Waals surface area contributed by atoms with E-state index in [1.54, 1.807) is 7.05 Å². The van der Waals surface area contributed by atoms with Crippen LogP contribution < -0.4 is 15.5 Å². The lowest BCUT2D eigenvalue weighted by Crippen LogP contribution is -2.41. The van der Waals surface area contributed by atoms with E-state index in [4.69, 9.17) is 4.74 Å². The molecule has 3 heterocycles. The van der Waals surface area contributed by atoms with Crippen LogP contribution in [0.5, 0.6) is 0 Å². The highest BCUT2D eigenvalue weighted by Gasteiger charge is 2.18. The molecule has 27 heavy (non-hydrogen) atoms. The van der Waals surface area contributed by atoms with E-state index in [-0.39, 0.29) is 6.10 Å². The van der Waals surface area contributed by atoms with E-state index in [0.717, 1.165) is 44.4 Å². The molecule has 7 heteroatoms. The van der Waals surface area contributed by atoms with Gasteiger partial charge in [-0.1, -0.05) is 6.92 Å². The van der Waals surface area contributed by atoms with Crippen molar-refractivity contribution < 1.29 is 4.74 Å². The fourth-order valence-corrected chi connectivity index (χ4v) is 3.95. The highest BCUT2D eigenvalue weighted by atomic mass is 32.1. The summed E-state index contributed by atoms with van der Waals surface area (Å²) in [4.78, 5) is 13.9. The largest absolute Gasteiger partial charge is 0.375 e. The standard InChI is InChI=1S/C20H29N5OS/c1-4-17-5-6-18(27-17)13-24-20(21-3)23-12-16-7-8-22-19(11-16)25-9-10-26-15(2)14-25/h5-8,11,15H,4,9-10,12-14H2,1-3H3,(H2,21,23,24). The summed E-state index contributed by atoms with van der Waals surface area (Å²) in [5.41, 5.74) is 1.19. The van der Waals surface area contributed by atoms with Crippen LogP contribution in [0.15, 0.2) is 35.5 Å². The number of aliphatic imine (C=N–C) groups is 1. The number of aryl methyl sites for hydroxylation is 1. The molecule has 2 aromatic rings. The predicted octanol–water partition coefficient (Wildman–Crippen LogP) is 2.80. The van der Waals surface area contributed by atoms with Crippen LogP contribution in [0, 0.1) is 0 Å². The molecule has 146 valence electrons. The van der Waals surface area contributed by atoms with E-state index in [9.17, 15) is 0 Å². The summed E-state index contributed by atoms with van der Waals surface area (Å²) >= 11 is 1.85. The van der Waals surface area contributed by atoms with E-state index in [1.165, 1.54) is 15.3 Å². The lowest BCUT2D eigenvalue weighted by Gasteiger charge is -2.32. The molecule has 1 aliphatic rings. The van der Waals surface area contributed by atoms with E-state index in [0.29, 0.717) is 6.54 Å². The van der Waals surface area contributed by atoms with Gasteiger partial charge in [0, 0.05) is 42.6 Å². The Morgan fingerprint density at radius 3 is 2.85 bits per heavy atom. The third kappa shape index (κ3) is 5.68. The zero-order chi connectivity index (χ0) is 19.1. The average molecular weight is 388 g/mol. The van der Waals surface area contributed by atoms with Gasteiger partial charge < -0.3 is 20.3 Å². The zero-order valence-electron chi connectivity index (χ0n) is 16.4. The first kappa shape index (κ1) is 19.6. The molecule has 1 atom stereocenters. The van der Waals surface area contributed by atoms with Crippen LogP contribution in [0.4, 0.5) is 5.82 Å². The lowest BCUT2D eigenvalue weighted by molar-refractivity contribution is 0.0529. The fourth-order valence-electron chi connectivity index (χ4n) is 3.05. The molecule has 1 fully saturated rings. The van der Waals surface area contributed by atoms with Crippen LogP contribution in [0.2, 0.25) is 0 Å². The number of aromatic nitrogens is 1. The molecule has 0 aliphatic carbocycles. The van der Waals surface area contributed by atoms with Crippen LogP contribution in [0.25, 0.3) is 0 Å². The van der Waals surface area contributed by atoms with Crippen LogP contribution in [0.1, 0.15) is 29.2 Å². The Kier molecular flexibility index (Phi) is 7.06. The Labute approximate surface area is 165 Å². The van der Waals surface area contributed by atoms with Crippen LogP contribution >= 0.6 is 11.3 Å². The van der Waals surface area contributed by atoms with Crippen molar-refractivity contribution >= 4 is 23.1 Å². The number of hydrogen-bond donors (Lipinski definition) is 2. The molecule has 0 radical (unpaired) electrons. The van der Waals surface area contributed by atoms with Gasteiger partial charge in [0.15, 0.2) is 5.96 Å². The minimum atomic E-state index is 0.246. The second-order valence-electron chi connectivity index (χ2n) is 6.65. The molecule has 0 saturated carbocycles. The van der Waals surface area contributed by atoms with Gasteiger partial charge in [-0.25, -0.2) is 4.98 Å². The molecule has 2 N–H and O–H groups in total. The second-order valence-corrected chi connectivity index (χ2v) is 7.90. The summed E-state index contributed by atoms with van der Waals surface area (Å²) in [6.45, 7) is 8.31. The van der Waals surface area contributed by atoms with Crippen LogP contribution in [-0.2, 0) is 24.2 Å². The number of thiophene rings is 1. The van der Waals surface area contributed by atoms with Crippen molar-refractivity contribution in [1.29, 1.82) is 0 Å². The first-order valence-corrected chi connectivity index (χ1v) is 10.3. The molecule has 1 unspecified atom stereocenters. The fraction of sp³-hybridized carbons (Fsp3) is 0.500. The van der Waals surface area contributed by atoms with Gasteiger partial charge in [0.05, 0.1) is 19.3 Å². The quantitative estimate of drug-likeness (QED) is 0.590. The van der Waals surface area contributed by atoms with Gasteiger partial charge in [0.1, 0.15) is 5.82 Å². The minimum absolute atomic E-state index is 0.246. The average Bonchev–Trinajstić information content (AvgIpc) is 3.16. The number of pyridine rings is 1. The van der Waals surface area contributed by atoms with Gasteiger partial charge in [-0.3, -0.25) is 4.99 Å². The monoisotopic (exact) mass is 387 g/mol. The minimum Gasteiger partial charge on any atom is -0.375 e. The molecule has 0 spiro atoms. The summed E-state index contributed by atoms with van der Waals surface area (Å²) < 4.78 is 5.62. The van der Waals surface area contributed by atoms with Crippen molar-refractivity contribution in [3.05, 3.63) is 45.8 Å². The number of anilines is 1. The maximum Gasteiger partial charge on any atom is 0.191 e. The number of hydrogen-bond acceptors (Lipinski definition) is 5. The van der Waals surface area contributed by atoms with E-state index < -0.39 is 0 Å². The highest BCUT2D eigenvalue weighted by Crippen LogP contribution is 2.17. The molecule has 0 bridgehead atoms. The van der Waals surface area contributed by atoms with E-state index >= 15 is 0 Å². The summed E-state index contributed by atoms with van der Waals surface area (Å²) in [6, 6.07) is 8.57. The molecule has 2 aromatic heterocycles. The number of nitrogens with one attached hydrogen (secondary N) is 2. The zero-order valence-corrected chi connectivity index (χ0v) is 17.2. The van der Waals surface area contributed by atoms with Crippen molar-refractivity contribution in [2.45, 2.75) is 39.5 Å². The van der Waals surface area contributed by atoms with E-state index in [2.05, 4.69) is 57.6 Å². The molecular weight excluding hydrogens is 358 g/mol. The van der Waals surface area contributed by atoms with Crippen LogP contribution in [-0.4, -0.2) is 43.8 Å². The predicted molar refractivity (Wildman–Crippen MR) is 113 cm³/mol.